The third-order valence-corrected chi connectivity index (χ3v) is 2.90. The van der Waals surface area contributed by atoms with Crippen molar-refractivity contribution in [3.8, 4) is 0 Å². The number of amides is 1. The maximum Gasteiger partial charge on any atom is 0.225 e. The van der Waals surface area contributed by atoms with Gasteiger partial charge in [0.15, 0.2) is 0 Å². The average Bonchev–Trinajstić information content (AvgIpc) is 2.84. The van der Waals surface area contributed by atoms with E-state index in [1.54, 1.807) is 0 Å². The van der Waals surface area contributed by atoms with Crippen LogP contribution in [0.1, 0.15) is 23.5 Å². The fraction of sp³-hybridized carbons (Fsp3) is 0.583. The first-order valence-corrected chi connectivity index (χ1v) is 5.58. The van der Waals surface area contributed by atoms with Crippen molar-refractivity contribution in [1.82, 2.24) is 5.32 Å². The van der Waals surface area contributed by atoms with Gasteiger partial charge in [0.25, 0.3) is 0 Å². The zero-order valence-corrected chi connectivity index (χ0v) is 9.71. The van der Waals surface area contributed by atoms with Gasteiger partial charge in [-0.05, 0) is 26.3 Å². The normalized spacial score (nSPS) is 20.0. The topological polar surface area (TPSA) is 51.5 Å². The molecule has 1 aliphatic heterocycles. The van der Waals surface area contributed by atoms with Gasteiger partial charge in [-0.25, -0.2) is 0 Å². The standard InChI is InChI=1S/C12H17NO3/c1-8-5-11(9(2)16-8)6-13-12(14)10-3-4-15-7-10/h5,10H,3-4,6-7H2,1-2H3,(H,13,14). The molecule has 0 spiro atoms. The maximum absolute atomic E-state index is 11.7. The summed E-state index contributed by atoms with van der Waals surface area (Å²) in [6.07, 6.45) is 0.829. The van der Waals surface area contributed by atoms with Gasteiger partial charge in [-0.2, -0.15) is 0 Å². The van der Waals surface area contributed by atoms with Gasteiger partial charge >= 0.3 is 0 Å². The molecule has 1 aromatic heterocycles. The highest BCUT2D eigenvalue weighted by Crippen LogP contribution is 2.15. The van der Waals surface area contributed by atoms with Crippen molar-refractivity contribution in [2.24, 2.45) is 5.92 Å². The lowest BCUT2D eigenvalue weighted by atomic mass is 10.1. The van der Waals surface area contributed by atoms with Crippen molar-refractivity contribution in [3.63, 3.8) is 0 Å². The summed E-state index contributed by atoms with van der Waals surface area (Å²) in [5.74, 6) is 1.86. The van der Waals surface area contributed by atoms with Gasteiger partial charge in [-0.15, -0.1) is 0 Å². The number of carbonyl (C=O) groups is 1. The molecule has 0 aliphatic carbocycles. The summed E-state index contributed by atoms with van der Waals surface area (Å²) >= 11 is 0. The van der Waals surface area contributed by atoms with Crippen LogP contribution in [0.2, 0.25) is 0 Å². The molecule has 0 aromatic carbocycles. The van der Waals surface area contributed by atoms with Crippen LogP contribution in [0.5, 0.6) is 0 Å². The van der Waals surface area contributed by atoms with E-state index in [0.29, 0.717) is 19.8 Å². The number of hydrogen-bond donors (Lipinski definition) is 1. The minimum absolute atomic E-state index is 0.0216. The Bertz CT molecular complexity index is 378. The molecule has 4 nitrogen and oxygen atoms in total. The summed E-state index contributed by atoms with van der Waals surface area (Å²) in [5.41, 5.74) is 1.05. The molecule has 1 saturated heterocycles. The van der Waals surface area contributed by atoms with Crippen LogP contribution in [-0.2, 0) is 16.1 Å². The Labute approximate surface area is 95.0 Å². The molecule has 1 fully saturated rings. The Balaban J connectivity index is 1.87. The molecule has 0 saturated carbocycles. The fourth-order valence-corrected chi connectivity index (χ4v) is 1.93. The molecule has 4 heteroatoms. The molecule has 2 rings (SSSR count). The Morgan fingerprint density at radius 1 is 1.56 bits per heavy atom. The summed E-state index contributed by atoms with van der Waals surface area (Å²) in [6, 6.07) is 1.96. The molecule has 1 aromatic rings. The highest BCUT2D eigenvalue weighted by atomic mass is 16.5. The molecule has 1 unspecified atom stereocenters. The summed E-state index contributed by atoms with van der Waals surface area (Å²) < 4.78 is 10.6. The summed E-state index contributed by atoms with van der Waals surface area (Å²) in [4.78, 5) is 11.7. The minimum Gasteiger partial charge on any atom is -0.466 e. The molecule has 88 valence electrons. The first kappa shape index (κ1) is 11.2. The number of carbonyl (C=O) groups excluding carboxylic acids is 1. The van der Waals surface area contributed by atoms with Crippen LogP contribution >= 0.6 is 0 Å². The van der Waals surface area contributed by atoms with E-state index in [-0.39, 0.29) is 11.8 Å². The molecular formula is C12H17NO3. The molecule has 0 radical (unpaired) electrons. The van der Waals surface area contributed by atoms with Gasteiger partial charge in [-0.3, -0.25) is 4.79 Å². The van der Waals surface area contributed by atoms with Gasteiger partial charge in [-0.1, -0.05) is 0 Å². The lowest BCUT2D eigenvalue weighted by Crippen LogP contribution is -2.30. The quantitative estimate of drug-likeness (QED) is 0.845. The third-order valence-electron chi connectivity index (χ3n) is 2.90. The molecular weight excluding hydrogens is 206 g/mol. The Kier molecular flexibility index (Phi) is 3.29. The molecule has 16 heavy (non-hydrogen) atoms. The zero-order valence-electron chi connectivity index (χ0n) is 9.71. The Morgan fingerprint density at radius 3 is 2.94 bits per heavy atom. The van der Waals surface area contributed by atoms with E-state index in [2.05, 4.69) is 5.32 Å². The Morgan fingerprint density at radius 2 is 2.38 bits per heavy atom. The summed E-state index contributed by atoms with van der Waals surface area (Å²) in [6.45, 7) is 5.60. The zero-order chi connectivity index (χ0) is 11.5. The monoisotopic (exact) mass is 223 g/mol. The van der Waals surface area contributed by atoms with Gasteiger partial charge in [0.2, 0.25) is 5.91 Å². The van der Waals surface area contributed by atoms with Crippen molar-refractivity contribution in [3.05, 3.63) is 23.2 Å². The van der Waals surface area contributed by atoms with E-state index in [0.717, 1.165) is 23.5 Å². The van der Waals surface area contributed by atoms with Crippen LogP contribution in [0.3, 0.4) is 0 Å². The molecule has 2 heterocycles. The minimum atomic E-state index is 0.0216. The SMILES string of the molecule is Cc1cc(CNC(=O)C2CCOC2)c(C)o1. The molecule has 1 amide bonds. The van der Waals surface area contributed by atoms with E-state index >= 15 is 0 Å². The predicted octanol–water partition coefficient (Wildman–Crippen LogP) is 1.55. The van der Waals surface area contributed by atoms with Crippen molar-refractivity contribution in [1.29, 1.82) is 0 Å². The van der Waals surface area contributed by atoms with Crippen LogP contribution in [0.4, 0.5) is 0 Å². The lowest BCUT2D eigenvalue weighted by molar-refractivity contribution is -0.125. The van der Waals surface area contributed by atoms with Crippen molar-refractivity contribution in [2.75, 3.05) is 13.2 Å². The van der Waals surface area contributed by atoms with E-state index in [9.17, 15) is 4.79 Å². The van der Waals surface area contributed by atoms with E-state index < -0.39 is 0 Å². The van der Waals surface area contributed by atoms with Gasteiger partial charge in [0.05, 0.1) is 12.5 Å². The van der Waals surface area contributed by atoms with E-state index in [4.69, 9.17) is 9.15 Å². The van der Waals surface area contributed by atoms with Gasteiger partial charge < -0.3 is 14.5 Å². The van der Waals surface area contributed by atoms with Crippen LogP contribution in [0, 0.1) is 19.8 Å². The Hall–Kier alpha value is -1.29. The third kappa shape index (κ3) is 2.44. The highest BCUT2D eigenvalue weighted by Gasteiger charge is 2.23. The van der Waals surface area contributed by atoms with Crippen molar-refractivity contribution in [2.45, 2.75) is 26.8 Å². The van der Waals surface area contributed by atoms with Crippen molar-refractivity contribution < 1.29 is 13.9 Å². The van der Waals surface area contributed by atoms with Crippen molar-refractivity contribution >= 4 is 5.91 Å². The summed E-state index contributed by atoms with van der Waals surface area (Å²) in [7, 11) is 0. The molecule has 1 aliphatic rings. The largest absolute Gasteiger partial charge is 0.466 e. The van der Waals surface area contributed by atoms with Crippen LogP contribution < -0.4 is 5.32 Å². The van der Waals surface area contributed by atoms with E-state index in [1.165, 1.54) is 0 Å². The first-order valence-electron chi connectivity index (χ1n) is 5.58. The molecule has 1 N–H and O–H groups in total. The van der Waals surface area contributed by atoms with Crippen LogP contribution in [0.25, 0.3) is 0 Å². The smallest absolute Gasteiger partial charge is 0.225 e. The number of aryl methyl sites for hydroxylation is 2. The van der Waals surface area contributed by atoms with Gasteiger partial charge in [0.1, 0.15) is 11.5 Å². The molecule has 0 bridgehead atoms. The maximum atomic E-state index is 11.7. The lowest BCUT2D eigenvalue weighted by Gasteiger charge is -2.08. The predicted molar refractivity (Wildman–Crippen MR) is 59.0 cm³/mol. The fourth-order valence-electron chi connectivity index (χ4n) is 1.93. The highest BCUT2D eigenvalue weighted by molar-refractivity contribution is 5.78. The average molecular weight is 223 g/mol. The number of hydrogen-bond acceptors (Lipinski definition) is 3. The first-order chi connectivity index (χ1) is 7.66. The second kappa shape index (κ2) is 4.70. The number of furan rings is 1. The second-order valence-electron chi connectivity index (χ2n) is 4.22. The number of nitrogens with one attached hydrogen (secondary N) is 1. The summed E-state index contributed by atoms with van der Waals surface area (Å²) in [5, 5.41) is 2.92. The van der Waals surface area contributed by atoms with Gasteiger partial charge in [0, 0.05) is 18.7 Å². The van der Waals surface area contributed by atoms with Crippen LogP contribution in [0.15, 0.2) is 10.5 Å². The number of ether oxygens (including phenoxy) is 1. The van der Waals surface area contributed by atoms with Crippen LogP contribution in [-0.4, -0.2) is 19.1 Å². The number of rotatable bonds is 3. The molecule has 1 atom stereocenters. The van der Waals surface area contributed by atoms with E-state index in [1.807, 2.05) is 19.9 Å². The second-order valence-corrected chi connectivity index (χ2v) is 4.22.